The number of carbonyl (C=O) groups is 1. The van der Waals surface area contributed by atoms with E-state index in [0.29, 0.717) is 17.7 Å². The first-order chi connectivity index (χ1) is 10.5. The van der Waals surface area contributed by atoms with Gasteiger partial charge in [-0.15, -0.1) is 0 Å². The van der Waals surface area contributed by atoms with Crippen molar-refractivity contribution >= 4 is 5.91 Å². The Balaban J connectivity index is 2.19. The molecule has 1 atom stereocenters. The zero-order chi connectivity index (χ0) is 16.1. The number of amides is 1. The third-order valence-electron chi connectivity index (χ3n) is 3.49. The number of nitrogens with one attached hydrogen (secondary N) is 1. The van der Waals surface area contributed by atoms with E-state index < -0.39 is 0 Å². The van der Waals surface area contributed by atoms with Crippen molar-refractivity contribution in [2.75, 3.05) is 20.6 Å². The molecule has 0 aromatic heterocycles. The van der Waals surface area contributed by atoms with E-state index in [-0.39, 0.29) is 17.8 Å². The molecule has 0 fully saturated rings. The van der Waals surface area contributed by atoms with Crippen LogP contribution in [0, 0.1) is 12.7 Å². The maximum absolute atomic E-state index is 13.6. The Morgan fingerprint density at radius 1 is 1.18 bits per heavy atom. The Hall–Kier alpha value is -2.20. The lowest BCUT2D eigenvalue weighted by Gasteiger charge is -2.23. The zero-order valence-corrected chi connectivity index (χ0v) is 13.1. The highest BCUT2D eigenvalue weighted by atomic mass is 19.1. The number of halogens is 1. The van der Waals surface area contributed by atoms with Crippen molar-refractivity contribution in [1.29, 1.82) is 0 Å². The molecule has 1 amide bonds. The summed E-state index contributed by atoms with van der Waals surface area (Å²) in [5.41, 5.74) is 1.89. The highest BCUT2D eigenvalue weighted by Crippen LogP contribution is 2.15. The maximum atomic E-state index is 13.6. The summed E-state index contributed by atoms with van der Waals surface area (Å²) >= 11 is 0. The molecule has 2 rings (SSSR count). The van der Waals surface area contributed by atoms with Crippen molar-refractivity contribution in [3.8, 4) is 0 Å². The fourth-order valence-corrected chi connectivity index (χ4v) is 2.26. The predicted molar refractivity (Wildman–Crippen MR) is 86.3 cm³/mol. The van der Waals surface area contributed by atoms with Gasteiger partial charge in [0.15, 0.2) is 0 Å². The first-order valence-electron chi connectivity index (χ1n) is 7.24. The number of carbonyl (C=O) groups excluding carboxylic acids is 1. The van der Waals surface area contributed by atoms with Gasteiger partial charge in [0.1, 0.15) is 5.82 Å². The van der Waals surface area contributed by atoms with Crippen LogP contribution in [0.1, 0.15) is 27.5 Å². The molecule has 0 spiro atoms. The summed E-state index contributed by atoms with van der Waals surface area (Å²) in [6.07, 6.45) is 0. The molecule has 0 radical (unpaired) electrons. The van der Waals surface area contributed by atoms with Crippen LogP contribution < -0.4 is 5.32 Å². The van der Waals surface area contributed by atoms with Crippen molar-refractivity contribution < 1.29 is 9.18 Å². The van der Waals surface area contributed by atoms with E-state index in [1.54, 1.807) is 19.1 Å². The molecular weight excluding hydrogens is 279 g/mol. The lowest BCUT2D eigenvalue weighted by Crippen LogP contribution is -2.35. The van der Waals surface area contributed by atoms with Crippen LogP contribution in [0.5, 0.6) is 0 Å². The summed E-state index contributed by atoms with van der Waals surface area (Å²) in [5, 5.41) is 2.98. The minimum absolute atomic E-state index is 0.145. The minimum Gasteiger partial charge on any atom is -0.344 e. The lowest BCUT2D eigenvalue weighted by molar-refractivity contribution is 0.0929. The van der Waals surface area contributed by atoms with Gasteiger partial charge in [0.2, 0.25) is 0 Å². The molecular formula is C18H21FN2O. The lowest BCUT2D eigenvalue weighted by atomic mass is 10.1. The predicted octanol–water partition coefficient (Wildman–Crippen LogP) is 3.17. The second-order valence-corrected chi connectivity index (χ2v) is 5.66. The van der Waals surface area contributed by atoms with Crippen LogP contribution in [-0.4, -0.2) is 31.4 Å². The van der Waals surface area contributed by atoms with Gasteiger partial charge in [0.25, 0.3) is 5.91 Å². The number of hydrogen-bond donors (Lipinski definition) is 1. The fraction of sp³-hybridized carbons (Fsp3) is 0.278. The smallest absolute Gasteiger partial charge is 0.251 e. The van der Waals surface area contributed by atoms with Crippen molar-refractivity contribution in [3.63, 3.8) is 0 Å². The molecule has 116 valence electrons. The fourth-order valence-electron chi connectivity index (χ4n) is 2.26. The van der Waals surface area contributed by atoms with Crippen molar-refractivity contribution in [1.82, 2.24) is 10.2 Å². The van der Waals surface area contributed by atoms with Gasteiger partial charge in [-0.2, -0.15) is 0 Å². The van der Waals surface area contributed by atoms with E-state index in [1.807, 2.05) is 49.3 Å². The van der Waals surface area contributed by atoms with E-state index >= 15 is 0 Å². The van der Waals surface area contributed by atoms with Gasteiger partial charge in [0, 0.05) is 12.1 Å². The Morgan fingerprint density at radius 3 is 2.45 bits per heavy atom. The number of aryl methyl sites for hydroxylation is 1. The standard InChI is InChI=1S/C18H21FN2O/c1-13-9-10-15(11-16(13)19)18(22)20-17(12-21(2)3)14-7-5-4-6-8-14/h4-11,17H,12H2,1-3H3,(H,20,22)/t17-/m1/s1. The quantitative estimate of drug-likeness (QED) is 0.920. The average Bonchev–Trinajstić information content (AvgIpc) is 2.49. The molecule has 2 aromatic carbocycles. The van der Waals surface area contributed by atoms with E-state index in [4.69, 9.17) is 0 Å². The molecule has 3 nitrogen and oxygen atoms in total. The second-order valence-electron chi connectivity index (χ2n) is 5.66. The van der Waals surface area contributed by atoms with Crippen LogP contribution in [0.25, 0.3) is 0 Å². The molecule has 0 heterocycles. The van der Waals surface area contributed by atoms with Crippen LogP contribution in [0.3, 0.4) is 0 Å². The number of hydrogen-bond acceptors (Lipinski definition) is 2. The third kappa shape index (κ3) is 4.15. The van der Waals surface area contributed by atoms with E-state index in [0.717, 1.165) is 5.56 Å². The summed E-state index contributed by atoms with van der Waals surface area (Å²) in [7, 11) is 3.90. The molecule has 0 saturated carbocycles. The minimum atomic E-state index is -0.364. The first kappa shape index (κ1) is 16.2. The molecule has 0 bridgehead atoms. The van der Waals surface area contributed by atoms with Gasteiger partial charge in [-0.05, 0) is 44.3 Å². The maximum Gasteiger partial charge on any atom is 0.251 e. The SMILES string of the molecule is Cc1ccc(C(=O)N[C@H](CN(C)C)c2ccccc2)cc1F. The topological polar surface area (TPSA) is 32.3 Å². The molecule has 0 aliphatic carbocycles. The van der Waals surface area contributed by atoms with Crippen molar-refractivity contribution in [2.45, 2.75) is 13.0 Å². The van der Waals surface area contributed by atoms with Gasteiger partial charge in [-0.1, -0.05) is 36.4 Å². The van der Waals surface area contributed by atoms with Gasteiger partial charge < -0.3 is 10.2 Å². The Labute approximate surface area is 130 Å². The van der Waals surface area contributed by atoms with Crippen LogP contribution in [0.4, 0.5) is 4.39 Å². The Morgan fingerprint density at radius 2 is 1.86 bits per heavy atom. The van der Waals surface area contributed by atoms with Gasteiger partial charge in [-0.25, -0.2) is 4.39 Å². The Bertz CT molecular complexity index is 641. The van der Waals surface area contributed by atoms with Crippen LogP contribution >= 0.6 is 0 Å². The molecule has 22 heavy (non-hydrogen) atoms. The van der Waals surface area contributed by atoms with Crippen LogP contribution in [0.2, 0.25) is 0 Å². The van der Waals surface area contributed by atoms with Crippen LogP contribution in [0.15, 0.2) is 48.5 Å². The molecule has 0 unspecified atom stereocenters. The molecule has 0 aliphatic rings. The normalized spacial score (nSPS) is 12.2. The van der Waals surface area contributed by atoms with E-state index in [9.17, 15) is 9.18 Å². The first-order valence-corrected chi connectivity index (χ1v) is 7.24. The van der Waals surface area contributed by atoms with E-state index in [2.05, 4.69) is 5.32 Å². The molecule has 0 saturated heterocycles. The zero-order valence-electron chi connectivity index (χ0n) is 13.1. The summed E-state index contributed by atoms with van der Waals surface area (Å²) in [5.74, 6) is -0.633. The molecule has 4 heteroatoms. The largest absolute Gasteiger partial charge is 0.344 e. The molecule has 2 aromatic rings. The highest BCUT2D eigenvalue weighted by Gasteiger charge is 2.17. The summed E-state index contributed by atoms with van der Waals surface area (Å²) in [6, 6.07) is 14.2. The van der Waals surface area contributed by atoms with Gasteiger partial charge in [-0.3, -0.25) is 4.79 Å². The van der Waals surface area contributed by atoms with Gasteiger partial charge >= 0.3 is 0 Å². The summed E-state index contributed by atoms with van der Waals surface area (Å²) < 4.78 is 13.6. The van der Waals surface area contributed by atoms with Crippen molar-refractivity contribution in [2.24, 2.45) is 0 Å². The van der Waals surface area contributed by atoms with Gasteiger partial charge in [0.05, 0.1) is 6.04 Å². The second kappa shape index (κ2) is 7.18. The number of likely N-dealkylation sites (N-methyl/N-ethyl adjacent to an activating group) is 1. The molecule has 0 aliphatic heterocycles. The van der Waals surface area contributed by atoms with Crippen LogP contribution in [-0.2, 0) is 0 Å². The number of rotatable bonds is 5. The summed E-state index contributed by atoms with van der Waals surface area (Å²) in [6.45, 7) is 2.35. The monoisotopic (exact) mass is 300 g/mol. The van der Waals surface area contributed by atoms with Crippen molar-refractivity contribution in [3.05, 3.63) is 71.0 Å². The number of nitrogens with zero attached hydrogens (tertiary/aromatic N) is 1. The molecule has 1 N–H and O–H groups in total. The Kier molecular flexibility index (Phi) is 5.28. The highest BCUT2D eigenvalue weighted by molar-refractivity contribution is 5.94. The number of benzene rings is 2. The average molecular weight is 300 g/mol. The summed E-state index contributed by atoms with van der Waals surface area (Å²) in [4.78, 5) is 14.4. The van der Waals surface area contributed by atoms with E-state index in [1.165, 1.54) is 6.07 Å². The third-order valence-corrected chi connectivity index (χ3v) is 3.49.